The molecule has 2 saturated heterocycles. The van der Waals surface area contributed by atoms with Crippen molar-refractivity contribution >= 4 is 11.8 Å². The molecule has 2 aliphatic heterocycles. The number of nitrogens with zero attached hydrogens (tertiary/aromatic N) is 1. The zero-order valence-electron chi connectivity index (χ0n) is 12.9. The molecule has 2 aliphatic rings. The first-order valence-electron chi connectivity index (χ1n) is 7.52. The van der Waals surface area contributed by atoms with Gasteiger partial charge in [0.25, 0.3) is 0 Å². The van der Waals surface area contributed by atoms with Crippen molar-refractivity contribution in [2.75, 3.05) is 19.8 Å². The van der Waals surface area contributed by atoms with Gasteiger partial charge in [-0.25, -0.2) is 0 Å². The van der Waals surface area contributed by atoms with Crippen molar-refractivity contribution in [3.63, 3.8) is 0 Å². The zero-order valence-corrected chi connectivity index (χ0v) is 12.9. The number of piperazine rings is 1. The van der Waals surface area contributed by atoms with Gasteiger partial charge in [0.1, 0.15) is 11.6 Å². The van der Waals surface area contributed by atoms with E-state index in [0.29, 0.717) is 31.4 Å². The molecule has 2 fully saturated rings. The molecule has 1 N–H and O–H groups in total. The van der Waals surface area contributed by atoms with E-state index in [4.69, 9.17) is 4.74 Å². The van der Waals surface area contributed by atoms with E-state index < -0.39 is 5.54 Å². The molecule has 0 saturated carbocycles. The molecule has 0 aromatic heterocycles. The van der Waals surface area contributed by atoms with Crippen LogP contribution in [0.2, 0.25) is 0 Å². The van der Waals surface area contributed by atoms with Crippen LogP contribution < -0.4 is 5.32 Å². The zero-order chi connectivity index (χ0) is 14.9. The van der Waals surface area contributed by atoms with Crippen LogP contribution in [-0.4, -0.2) is 48.1 Å². The molecule has 2 unspecified atom stereocenters. The lowest BCUT2D eigenvalue weighted by molar-refractivity contribution is -0.156. The highest BCUT2D eigenvalue weighted by atomic mass is 16.5. The van der Waals surface area contributed by atoms with Crippen molar-refractivity contribution in [2.45, 2.75) is 52.1 Å². The first-order valence-corrected chi connectivity index (χ1v) is 7.52. The SMILES string of the molecule is CC(C)CC1NC(=O)C(C)(C)N(CC2CCOC2)C1=O. The molecule has 0 aromatic carbocycles. The summed E-state index contributed by atoms with van der Waals surface area (Å²) in [6.07, 6.45) is 1.66. The van der Waals surface area contributed by atoms with Crippen molar-refractivity contribution in [1.82, 2.24) is 10.2 Å². The lowest BCUT2D eigenvalue weighted by Crippen LogP contribution is -2.69. The van der Waals surface area contributed by atoms with Crippen molar-refractivity contribution in [2.24, 2.45) is 11.8 Å². The third kappa shape index (κ3) is 2.97. The molecule has 0 aromatic rings. The summed E-state index contributed by atoms with van der Waals surface area (Å²) in [5.74, 6) is 0.725. The van der Waals surface area contributed by atoms with Crippen molar-refractivity contribution in [3.8, 4) is 0 Å². The summed E-state index contributed by atoms with van der Waals surface area (Å²) in [7, 11) is 0. The molecular formula is C15H26N2O3. The Morgan fingerprint density at radius 2 is 2.10 bits per heavy atom. The molecule has 2 rings (SSSR count). The van der Waals surface area contributed by atoms with Gasteiger partial charge in [-0.3, -0.25) is 9.59 Å². The average Bonchev–Trinajstić information content (AvgIpc) is 2.84. The minimum Gasteiger partial charge on any atom is -0.381 e. The van der Waals surface area contributed by atoms with Gasteiger partial charge in [-0.2, -0.15) is 0 Å². The first kappa shape index (κ1) is 15.3. The van der Waals surface area contributed by atoms with E-state index in [-0.39, 0.29) is 17.9 Å². The lowest BCUT2D eigenvalue weighted by atomic mass is 9.90. The Labute approximate surface area is 121 Å². The predicted octanol–water partition coefficient (Wildman–Crippen LogP) is 1.17. The van der Waals surface area contributed by atoms with E-state index in [0.717, 1.165) is 13.0 Å². The van der Waals surface area contributed by atoms with Crippen LogP contribution in [0.15, 0.2) is 0 Å². The summed E-state index contributed by atoms with van der Waals surface area (Å²) >= 11 is 0. The molecule has 0 spiro atoms. The van der Waals surface area contributed by atoms with Crippen LogP contribution in [0, 0.1) is 11.8 Å². The van der Waals surface area contributed by atoms with Gasteiger partial charge in [0.15, 0.2) is 0 Å². The van der Waals surface area contributed by atoms with Gasteiger partial charge in [-0.15, -0.1) is 0 Å². The Morgan fingerprint density at radius 3 is 2.65 bits per heavy atom. The summed E-state index contributed by atoms with van der Waals surface area (Å²) < 4.78 is 5.38. The summed E-state index contributed by atoms with van der Waals surface area (Å²) in [4.78, 5) is 26.7. The Kier molecular flexibility index (Phi) is 4.37. The van der Waals surface area contributed by atoms with Crippen LogP contribution in [0.3, 0.4) is 0 Å². The molecule has 0 radical (unpaired) electrons. The Balaban J connectivity index is 2.14. The van der Waals surface area contributed by atoms with E-state index in [1.54, 1.807) is 4.90 Å². The van der Waals surface area contributed by atoms with Gasteiger partial charge in [-0.05, 0) is 32.6 Å². The molecule has 0 aliphatic carbocycles. The van der Waals surface area contributed by atoms with Gasteiger partial charge in [0, 0.05) is 19.1 Å². The number of hydrogen-bond donors (Lipinski definition) is 1. The van der Waals surface area contributed by atoms with E-state index >= 15 is 0 Å². The smallest absolute Gasteiger partial charge is 0.246 e. The highest BCUT2D eigenvalue weighted by Crippen LogP contribution is 2.26. The van der Waals surface area contributed by atoms with Crippen LogP contribution in [0.4, 0.5) is 0 Å². The Bertz CT molecular complexity index is 387. The number of amides is 2. The van der Waals surface area contributed by atoms with Crippen molar-refractivity contribution < 1.29 is 14.3 Å². The van der Waals surface area contributed by atoms with Gasteiger partial charge in [-0.1, -0.05) is 13.8 Å². The molecule has 2 amide bonds. The predicted molar refractivity (Wildman–Crippen MR) is 76.1 cm³/mol. The summed E-state index contributed by atoms with van der Waals surface area (Å²) in [5.41, 5.74) is -0.771. The Hall–Kier alpha value is -1.10. The lowest BCUT2D eigenvalue weighted by Gasteiger charge is -2.45. The van der Waals surface area contributed by atoms with Crippen LogP contribution in [-0.2, 0) is 14.3 Å². The molecule has 20 heavy (non-hydrogen) atoms. The Morgan fingerprint density at radius 1 is 1.40 bits per heavy atom. The monoisotopic (exact) mass is 282 g/mol. The van der Waals surface area contributed by atoms with Crippen LogP contribution >= 0.6 is 0 Å². The quantitative estimate of drug-likeness (QED) is 0.842. The largest absolute Gasteiger partial charge is 0.381 e. The molecular weight excluding hydrogens is 256 g/mol. The van der Waals surface area contributed by atoms with Crippen molar-refractivity contribution in [3.05, 3.63) is 0 Å². The standard InChI is InChI=1S/C15H26N2O3/c1-10(2)7-12-13(18)17(8-11-5-6-20-9-11)15(3,4)14(19)16-12/h10-12H,5-9H2,1-4H3,(H,16,19). The minimum atomic E-state index is -0.771. The fraction of sp³-hybridized carbons (Fsp3) is 0.867. The molecule has 114 valence electrons. The van der Waals surface area contributed by atoms with Crippen LogP contribution in [0.5, 0.6) is 0 Å². The molecule has 0 bridgehead atoms. The normalized spacial score (nSPS) is 29.9. The maximum Gasteiger partial charge on any atom is 0.246 e. The fourth-order valence-electron chi connectivity index (χ4n) is 2.92. The first-order chi connectivity index (χ1) is 9.32. The maximum atomic E-state index is 12.7. The molecule has 5 heteroatoms. The van der Waals surface area contributed by atoms with E-state index in [9.17, 15) is 9.59 Å². The average molecular weight is 282 g/mol. The van der Waals surface area contributed by atoms with Crippen LogP contribution in [0.1, 0.15) is 40.5 Å². The number of rotatable bonds is 4. The summed E-state index contributed by atoms with van der Waals surface area (Å²) in [5, 5.41) is 2.88. The van der Waals surface area contributed by atoms with Crippen LogP contribution in [0.25, 0.3) is 0 Å². The molecule has 2 atom stereocenters. The number of nitrogens with one attached hydrogen (secondary N) is 1. The van der Waals surface area contributed by atoms with Gasteiger partial charge in [0.05, 0.1) is 6.61 Å². The minimum absolute atomic E-state index is 0.0511. The number of ether oxygens (including phenoxy) is 1. The topological polar surface area (TPSA) is 58.6 Å². The van der Waals surface area contributed by atoms with E-state index in [2.05, 4.69) is 19.2 Å². The third-order valence-electron chi connectivity index (χ3n) is 4.27. The van der Waals surface area contributed by atoms with E-state index in [1.807, 2.05) is 13.8 Å². The molecule has 5 nitrogen and oxygen atoms in total. The highest BCUT2D eigenvalue weighted by molar-refractivity contribution is 5.99. The van der Waals surface area contributed by atoms with E-state index in [1.165, 1.54) is 0 Å². The second-order valence-corrected chi connectivity index (χ2v) is 6.89. The molecule has 2 heterocycles. The second-order valence-electron chi connectivity index (χ2n) is 6.89. The number of carbonyl (C=O) groups excluding carboxylic acids is 2. The van der Waals surface area contributed by atoms with Gasteiger partial charge >= 0.3 is 0 Å². The third-order valence-corrected chi connectivity index (χ3v) is 4.27. The fourth-order valence-corrected chi connectivity index (χ4v) is 2.92. The van der Waals surface area contributed by atoms with Crippen molar-refractivity contribution in [1.29, 1.82) is 0 Å². The second kappa shape index (κ2) is 5.72. The summed E-state index contributed by atoms with van der Waals surface area (Å²) in [6, 6.07) is -0.377. The van der Waals surface area contributed by atoms with Gasteiger partial charge < -0.3 is 15.0 Å². The highest BCUT2D eigenvalue weighted by Gasteiger charge is 2.46. The number of carbonyl (C=O) groups is 2. The summed E-state index contributed by atoms with van der Waals surface area (Å²) in [6.45, 7) is 9.84. The van der Waals surface area contributed by atoms with Gasteiger partial charge in [0.2, 0.25) is 11.8 Å². The maximum absolute atomic E-state index is 12.7. The number of hydrogen-bond acceptors (Lipinski definition) is 3.